The molecule has 0 saturated heterocycles. The molecule has 0 bridgehead atoms. The Bertz CT molecular complexity index is 852. The molecule has 2 heterocycles. The first-order valence-corrected chi connectivity index (χ1v) is 6.39. The molecule has 106 valence electrons. The average Bonchev–Trinajstić information content (AvgIpc) is 2.55. The number of aromatic nitrogens is 4. The van der Waals surface area contributed by atoms with E-state index in [1.54, 1.807) is 6.20 Å². The van der Waals surface area contributed by atoms with Crippen molar-refractivity contribution in [2.75, 3.05) is 11.5 Å². The first-order valence-electron chi connectivity index (χ1n) is 6.39. The molecule has 0 aliphatic rings. The molecule has 1 aromatic carbocycles. The van der Waals surface area contributed by atoms with Gasteiger partial charge in [-0.15, -0.1) is 0 Å². The van der Waals surface area contributed by atoms with Crippen molar-refractivity contribution in [1.82, 2.24) is 19.9 Å². The quantitative estimate of drug-likeness (QED) is 0.733. The minimum absolute atomic E-state index is 0.0337. The number of nitrogens with zero attached hydrogens (tertiary/aromatic N) is 5. The van der Waals surface area contributed by atoms with Gasteiger partial charge in [-0.1, -0.05) is 24.3 Å². The van der Waals surface area contributed by atoms with E-state index in [2.05, 4.69) is 19.9 Å². The lowest BCUT2D eigenvalue weighted by molar-refractivity contribution is 1.17. The average molecular weight is 289 g/mol. The van der Waals surface area contributed by atoms with Gasteiger partial charge in [0.2, 0.25) is 5.95 Å². The van der Waals surface area contributed by atoms with E-state index in [-0.39, 0.29) is 17.3 Å². The van der Waals surface area contributed by atoms with Gasteiger partial charge in [0, 0.05) is 17.3 Å². The molecule has 0 saturated carbocycles. The highest BCUT2D eigenvalue weighted by Gasteiger charge is 2.13. The lowest BCUT2D eigenvalue weighted by Gasteiger charge is -2.07. The van der Waals surface area contributed by atoms with Crippen LogP contribution in [-0.2, 0) is 0 Å². The fraction of sp³-hybridized carbons (Fsp3) is 0. The molecule has 3 rings (SSSR count). The number of nitrogens with two attached hydrogens (primary N) is 2. The van der Waals surface area contributed by atoms with E-state index < -0.39 is 0 Å². The second-order valence-corrected chi connectivity index (χ2v) is 4.47. The van der Waals surface area contributed by atoms with Crippen LogP contribution < -0.4 is 11.5 Å². The first-order chi connectivity index (χ1) is 10.7. The molecule has 0 fully saturated rings. The van der Waals surface area contributed by atoms with Crippen molar-refractivity contribution in [3.8, 4) is 28.6 Å². The van der Waals surface area contributed by atoms with Crippen molar-refractivity contribution >= 4 is 11.8 Å². The fourth-order valence-electron chi connectivity index (χ4n) is 2.08. The number of nitriles is 1. The van der Waals surface area contributed by atoms with Gasteiger partial charge < -0.3 is 11.5 Å². The molecule has 3 aromatic rings. The predicted octanol–water partition coefficient (Wildman–Crippen LogP) is 1.64. The van der Waals surface area contributed by atoms with E-state index in [0.717, 1.165) is 16.8 Å². The van der Waals surface area contributed by atoms with Crippen LogP contribution in [0.5, 0.6) is 0 Å². The van der Waals surface area contributed by atoms with E-state index >= 15 is 0 Å². The minimum Gasteiger partial charge on any atom is -0.382 e. The molecule has 0 spiro atoms. The van der Waals surface area contributed by atoms with Gasteiger partial charge in [0.25, 0.3) is 0 Å². The summed E-state index contributed by atoms with van der Waals surface area (Å²) < 4.78 is 0. The Balaban J connectivity index is 2.06. The highest BCUT2D eigenvalue weighted by molar-refractivity contribution is 5.74. The van der Waals surface area contributed by atoms with Crippen LogP contribution in [0.15, 0.2) is 42.9 Å². The van der Waals surface area contributed by atoms with Crippen molar-refractivity contribution in [3.05, 3.63) is 48.4 Å². The number of nitrogen functional groups attached to an aromatic ring is 2. The summed E-state index contributed by atoms with van der Waals surface area (Å²) in [5, 5.41) is 9.22. The fourth-order valence-corrected chi connectivity index (χ4v) is 2.08. The van der Waals surface area contributed by atoms with Crippen molar-refractivity contribution in [1.29, 1.82) is 5.26 Å². The van der Waals surface area contributed by atoms with Crippen molar-refractivity contribution in [2.24, 2.45) is 0 Å². The van der Waals surface area contributed by atoms with Crippen molar-refractivity contribution in [3.63, 3.8) is 0 Å². The van der Waals surface area contributed by atoms with Crippen molar-refractivity contribution in [2.45, 2.75) is 0 Å². The molecule has 0 radical (unpaired) electrons. The summed E-state index contributed by atoms with van der Waals surface area (Å²) in [6.45, 7) is 0. The Labute approximate surface area is 126 Å². The lowest BCUT2D eigenvalue weighted by atomic mass is 10.0. The van der Waals surface area contributed by atoms with Crippen LogP contribution in [0.3, 0.4) is 0 Å². The summed E-state index contributed by atoms with van der Waals surface area (Å²) in [4.78, 5) is 16.0. The maximum absolute atomic E-state index is 9.22. The summed E-state index contributed by atoms with van der Waals surface area (Å²) in [6, 6.07) is 11.3. The second-order valence-electron chi connectivity index (χ2n) is 4.47. The van der Waals surface area contributed by atoms with Gasteiger partial charge in [-0.25, -0.2) is 15.0 Å². The third-order valence-corrected chi connectivity index (χ3v) is 3.10. The molecule has 0 aliphatic carbocycles. The van der Waals surface area contributed by atoms with Gasteiger partial charge in [-0.05, 0) is 6.07 Å². The lowest BCUT2D eigenvalue weighted by Crippen LogP contribution is -2.04. The van der Waals surface area contributed by atoms with E-state index in [9.17, 15) is 5.26 Å². The standard InChI is InChI=1S/C15H11N7/c16-7-11-13(21-15(18)22-14(11)17)10-3-1-9(2-4-10)12-5-6-19-8-20-12/h1-6,8H,(H4,17,18,21,22). The van der Waals surface area contributed by atoms with Crippen LogP contribution in [0.25, 0.3) is 22.5 Å². The maximum Gasteiger partial charge on any atom is 0.222 e. The number of hydrogen-bond acceptors (Lipinski definition) is 7. The maximum atomic E-state index is 9.22. The van der Waals surface area contributed by atoms with Crippen LogP contribution in [-0.4, -0.2) is 19.9 Å². The predicted molar refractivity (Wildman–Crippen MR) is 82.0 cm³/mol. The number of benzene rings is 1. The molecule has 7 nitrogen and oxygen atoms in total. The van der Waals surface area contributed by atoms with E-state index in [0.29, 0.717) is 5.69 Å². The van der Waals surface area contributed by atoms with Gasteiger partial charge in [0.15, 0.2) is 0 Å². The Hall–Kier alpha value is -3.53. The molecule has 0 unspecified atom stereocenters. The zero-order valence-electron chi connectivity index (χ0n) is 11.4. The normalized spacial score (nSPS) is 10.1. The van der Waals surface area contributed by atoms with Gasteiger partial charge in [-0.3, -0.25) is 0 Å². The largest absolute Gasteiger partial charge is 0.382 e. The van der Waals surface area contributed by atoms with Crippen LogP contribution in [0.1, 0.15) is 5.56 Å². The molecular formula is C15H11N7. The Morgan fingerprint density at radius 2 is 1.68 bits per heavy atom. The molecule has 0 atom stereocenters. The van der Waals surface area contributed by atoms with Gasteiger partial charge in [-0.2, -0.15) is 10.2 Å². The Kier molecular flexibility index (Phi) is 3.34. The van der Waals surface area contributed by atoms with Gasteiger partial charge >= 0.3 is 0 Å². The number of hydrogen-bond donors (Lipinski definition) is 2. The molecule has 7 heteroatoms. The zero-order valence-corrected chi connectivity index (χ0v) is 11.4. The number of anilines is 2. The monoisotopic (exact) mass is 289 g/mol. The summed E-state index contributed by atoms with van der Waals surface area (Å²) in [7, 11) is 0. The van der Waals surface area contributed by atoms with E-state index in [1.165, 1.54) is 6.33 Å². The van der Waals surface area contributed by atoms with Gasteiger partial charge in [0.1, 0.15) is 23.8 Å². The van der Waals surface area contributed by atoms with Crippen LogP contribution >= 0.6 is 0 Å². The molecular weight excluding hydrogens is 278 g/mol. The zero-order chi connectivity index (χ0) is 15.5. The van der Waals surface area contributed by atoms with Crippen LogP contribution in [0, 0.1) is 11.3 Å². The highest BCUT2D eigenvalue weighted by atomic mass is 15.0. The minimum atomic E-state index is 0.0337. The number of rotatable bonds is 2. The van der Waals surface area contributed by atoms with E-state index in [1.807, 2.05) is 36.4 Å². The Morgan fingerprint density at radius 1 is 0.955 bits per heavy atom. The van der Waals surface area contributed by atoms with Crippen LogP contribution in [0.2, 0.25) is 0 Å². The SMILES string of the molecule is N#Cc1c(N)nc(N)nc1-c1ccc(-c2ccncn2)cc1. The first kappa shape index (κ1) is 13.5. The molecule has 0 aliphatic heterocycles. The van der Waals surface area contributed by atoms with Gasteiger partial charge in [0.05, 0.1) is 11.4 Å². The summed E-state index contributed by atoms with van der Waals surface area (Å²) in [5.41, 5.74) is 14.4. The third kappa shape index (κ3) is 2.41. The Morgan fingerprint density at radius 3 is 2.32 bits per heavy atom. The smallest absolute Gasteiger partial charge is 0.222 e. The molecule has 0 amide bonds. The summed E-state index contributed by atoms with van der Waals surface area (Å²) in [6.07, 6.45) is 3.17. The summed E-state index contributed by atoms with van der Waals surface area (Å²) in [5.74, 6) is 0.108. The molecule has 4 N–H and O–H groups in total. The highest BCUT2D eigenvalue weighted by Crippen LogP contribution is 2.27. The van der Waals surface area contributed by atoms with E-state index in [4.69, 9.17) is 11.5 Å². The molecule has 22 heavy (non-hydrogen) atoms. The second kappa shape index (κ2) is 5.46. The topological polar surface area (TPSA) is 127 Å². The third-order valence-electron chi connectivity index (χ3n) is 3.10. The van der Waals surface area contributed by atoms with Crippen molar-refractivity contribution < 1.29 is 0 Å². The van der Waals surface area contributed by atoms with Crippen LogP contribution in [0.4, 0.5) is 11.8 Å². The molecule has 2 aromatic heterocycles. The summed E-state index contributed by atoms with van der Waals surface area (Å²) >= 11 is 0.